The van der Waals surface area contributed by atoms with E-state index in [0.29, 0.717) is 31.8 Å². The molecule has 3 rings (SSSR count). The van der Waals surface area contributed by atoms with E-state index in [1.165, 1.54) is 19.3 Å². The van der Waals surface area contributed by atoms with Gasteiger partial charge in [-0.15, -0.1) is 0 Å². The molecule has 1 fully saturated rings. The summed E-state index contributed by atoms with van der Waals surface area (Å²) in [6.07, 6.45) is 3.27. The molecule has 0 radical (unpaired) electrons. The molecule has 0 saturated carbocycles. The van der Waals surface area contributed by atoms with Gasteiger partial charge in [0.15, 0.2) is 11.5 Å². The highest BCUT2D eigenvalue weighted by Gasteiger charge is 2.26. The SMILES string of the molecule is C[C@H]1CCC[C@H](C)N1C[C@@H](O)COCc1ccc2c(c1)OCO2. The fraction of sp³-hybridized carbons (Fsp3) is 0.667. The van der Waals surface area contributed by atoms with Gasteiger partial charge in [-0.3, -0.25) is 4.90 Å². The van der Waals surface area contributed by atoms with Gasteiger partial charge in [0.2, 0.25) is 6.79 Å². The molecule has 0 amide bonds. The van der Waals surface area contributed by atoms with Gasteiger partial charge in [-0.1, -0.05) is 12.5 Å². The van der Waals surface area contributed by atoms with Crippen LogP contribution in [0, 0.1) is 0 Å². The fourth-order valence-electron chi connectivity index (χ4n) is 3.47. The smallest absolute Gasteiger partial charge is 0.231 e. The summed E-state index contributed by atoms with van der Waals surface area (Å²) >= 11 is 0. The predicted molar refractivity (Wildman–Crippen MR) is 87.7 cm³/mol. The van der Waals surface area contributed by atoms with Crippen LogP contribution in [0.2, 0.25) is 0 Å². The maximum atomic E-state index is 10.3. The number of aliphatic hydroxyl groups excluding tert-OH is 1. The van der Waals surface area contributed by atoms with Gasteiger partial charge in [-0.2, -0.15) is 0 Å². The third-order valence-electron chi connectivity index (χ3n) is 4.81. The van der Waals surface area contributed by atoms with E-state index < -0.39 is 6.10 Å². The second-order valence-corrected chi connectivity index (χ2v) is 6.68. The summed E-state index contributed by atoms with van der Waals surface area (Å²) in [5.74, 6) is 1.55. The summed E-state index contributed by atoms with van der Waals surface area (Å²) in [5, 5.41) is 10.3. The summed E-state index contributed by atoms with van der Waals surface area (Å²) < 4.78 is 16.3. The summed E-state index contributed by atoms with van der Waals surface area (Å²) in [5.41, 5.74) is 1.03. The molecule has 5 nitrogen and oxygen atoms in total. The number of hydrogen-bond donors (Lipinski definition) is 1. The second kappa shape index (κ2) is 7.51. The Kier molecular flexibility index (Phi) is 5.41. The number of rotatable bonds is 6. The van der Waals surface area contributed by atoms with Gasteiger partial charge in [0.1, 0.15) is 0 Å². The highest BCUT2D eigenvalue weighted by Crippen LogP contribution is 2.32. The summed E-state index contributed by atoms with van der Waals surface area (Å²) in [6.45, 7) is 6.28. The first-order chi connectivity index (χ1) is 11.1. The Hall–Kier alpha value is -1.30. The van der Waals surface area contributed by atoms with E-state index in [1.54, 1.807) is 0 Å². The quantitative estimate of drug-likeness (QED) is 0.873. The van der Waals surface area contributed by atoms with Gasteiger partial charge < -0.3 is 19.3 Å². The number of nitrogens with zero attached hydrogens (tertiary/aromatic N) is 1. The molecule has 2 aliphatic heterocycles. The van der Waals surface area contributed by atoms with E-state index in [4.69, 9.17) is 14.2 Å². The van der Waals surface area contributed by atoms with Gasteiger partial charge in [0, 0.05) is 18.6 Å². The topological polar surface area (TPSA) is 51.2 Å². The maximum absolute atomic E-state index is 10.3. The molecule has 23 heavy (non-hydrogen) atoms. The minimum absolute atomic E-state index is 0.282. The van der Waals surface area contributed by atoms with Crippen LogP contribution in [0.1, 0.15) is 38.7 Å². The molecule has 1 saturated heterocycles. The number of β-amino-alcohol motifs (C(OH)–C–C–N with tert-alkyl or cyclic N) is 1. The molecular weight excluding hydrogens is 294 g/mol. The van der Waals surface area contributed by atoms with Crippen LogP contribution >= 0.6 is 0 Å². The molecule has 2 aliphatic rings. The largest absolute Gasteiger partial charge is 0.454 e. The molecule has 5 heteroatoms. The Morgan fingerprint density at radius 2 is 1.96 bits per heavy atom. The zero-order valence-electron chi connectivity index (χ0n) is 14.0. The Morgan fingerprint density at radius 3 is 2.74 bits per heavy atom. The van der Waals surface area contributed by atoms with Crippen molar-refractivity contribution < 1.29 is 19.3 Å². The standard InChI is InChI=1S/C18H27NO4/c1-13-4-3-5-14(2)19(13)9-16(20)11-21-10-15-6-7-17-18(8-15)23-12-22-17/h6-8,13-14,16,20H,3-5,9-12H2,1-2H3/t13-,14-,16+/m0/s1. The zero-order chi connectivity index (χ0) is 16.2. The van der Waals surface area contributed by atoms with Crippen molar-refractivity contribution >= 4 is 0 Å². The predicted octanol–water partition coefficient (Wildman–Crippen LogP) is 2.56. The van der Waals surface area contributed by atoms with Crippen molar-refractivity contribution in [2.75, 3.05) is 19.9 Å². The van der Waals surface area contributed by atoms with E-state index >= 15 is 0 Å². The molecule has 1 aromatic carbocycles. The van der Waals surface area contributed by atoms with Crippen LogP contribution < -0.4 is 9.47 Å². The van der Waals surface area contributed by atoms with E-state index in [0.717, 1.165) is 17.1 Å². The average molecular weight is 321 g/mol. The Balaban J connectivity index is 1.43. The highest BCUT2D eigenvalue weighted by molar-refractivity contribution is 5.44. The lowest BCUT2D eigenvalue weighted by Crippen LogP contribution is -2.48. The molecule has 0 spiro atoms. The van der Waals surface area contributed by atoms with Crippen molar-refractivity contribution in [2.45, 2.75) is 57.9 Å². The number of ether oxygens (including phenoxy) is 3. The first kappa shape index (κ1) is 16.6. The Morgan fingerprint density at radius 1 is 1.22 bits per heavy atom. The highest BCUT2D eigenvalue weighted by atomic mass is 16.7. The van der Waals surface area contributed by atoms with Crippen LogP contribution in [0.25, 0.3) is 0 Å². The molecule has 2 heterocycles. The van der Waals surface area contributed by atoms with Gasteiger partial charge in [0.25, 0.3) is 0 Å². The molecule has 1 aromatic rings. The van der Waals surface area contributed by atoms with E-state index in [-0.39, 0.29) is 6.79 Å². The number of hydrogen-bond acceptors (Lipinski definition) is 5. The van der Waals surface area contributed by atoms with Gasteiger partial charge in [0.05, 0.1) is 19.3 Å². The zero-order valence-corrected chi connectivity index (χ0v) is 14.0. The van der Waals surface area contributed by atoms with Crippen molar-refractivity contribution in [2.24, 2.45) is 0 Å². The van der Waals surface area contributed by atoms with E-state index in [9.17, 15) is 5.11 Å². The van der Waals surface area contributed by atoms with Gasteiger partial charge >= 0.3 is 0 Å². The van der Waals surface area contributed by atoms with Crippen LogP contribution in [0.4, 0.5) is 0 Å². The van der Waals surface area contributed by atoms with E-state index in [2.05, 4.69) is 18.7 Å². The van der Waals surface area contributed by atoms with Crippen LogP contribution in [0.15, 0.2) is 18.2 Å². The van der Waals surface area contributed by atoms with E-state index in [1.807, 2.05) is 18.2 Å². The van der Waals surface area contributed by atoms with Crippen molar-refractivity contribution in [3.8, 4) is 11.5 Å². The fourth-order valence-corrected chi connectivity index (χ4v) is 3.47. The van der Waals surface area contributed by atoms with Crippen molar-refractivity contribution in [1.82, 2.24) is 4.90 Å². The maximum Gasteiger partial charge on any atom is 0.231 e. The summed E-state index contributed by atoms with van der Waals surface area (Å²) in [7, 11) is 0. The Bertz CT molecular complexity index is 512. The van der Waals surface area contributed by atoms with Crippen LogP contribution in [-0.4, -0.2) is 48.1 Å². The molecule has 0 aliphatic carbocycles. The molecule has 3 atom stereocenters. The molecule has 0 aromatic heterocycles. The average Bonchev–Trinajstić information content (AvgIpc) is 2.99. The van der Waals surface area contributed by atoms with Gasteiger partial charge in [-0.05, 0) is 44.4 Å². The van der Waals surface area contributed by atoms with Crippen LogP contribution in [-0.2, 0) is 11.3 Å². The molecule has 128 valence electrons. The number of aliphatic hydroxyl groups is 1. The monoisotopic (exact) mass is 321 g/mol. The molecule has 0 unspecified atom stereocenters. The number of likely N-dealkylation sites (tertiary alicyclic amines) is 1. The van der Waals surface area contributed by atoms with Gasteiger partial charge in [-0.25, -0.2) is 0 Å². The summed E-state index contributed by atoms with van der Waals surface area (Å²) in [6, 6.07) is 6.89. The molecule has 0 bridgehead atoms. The summed E-state index contributed by atoms with van der Waals surface area (Å²) in [4.78, 5) is 2.40. The lowest BCUT2D eigenvalue weighted by atomic mass is 9.97. The first-order valence-corrected chi connectivity index (χ1v) is 8.53. The molecular formula is C18H27NO4. The minimum atomic E-state index is -0.452. The van der Waals surface area contributed by atoms with Crippen molar-refractivity contribution in [3.63, 3.8) is 0 Å². The molecule has 1 N–H and O–H groups in total. The third-order valence-corrected chi connectivity index (χ3v) is 4.81. The van der Waals surface area contributed by atoms with Crippen molar-refractivity contribution in [1.29, 1.82) is 0 Å². The first-order valence-electron chi connectivity index (χ1n) is 8.53. The minimum Gasteiger partial charge on any atom is -0.454 e. The number of benzene rings is 1. The number of piperidine rings is 1. The normalized spacial score (nSPS) is 25.5. The van der Waals surface area contributed by atoms with Crippen LogP contribution in [0.3, 0.4) is 0 Å². The second-order valence-electron chi connectivity index (χ2n) is 6.68. The Labute approximate surface area is 138 Å². The number of fused-ring (bicyclic) bond motifs is 1. The van der Waals surface area contributed by atoms with Crippen molar-refractivity contribution in [3.05, 3.63) is 23.8 Å². The lowest BCUT2D eigenvalue weighted by Gasteiger charge is -2.40. The lowest BCUT2D eigenvalue weighted by molar-refractivity contribution is -0.0135. The van der Waals surface area contributed by atoms with Crippen LogP contribution in [0.5, 0.6) is 11.5 Å². The third kappa shape index (κ3) is 4.16.